The summed E-state index contributed by atoms with van der Waals surface area (Å²) in [5, 5.41) is 0. The van der Waals surface area contributed by atoms with Gasteiger partial charge in [0.15, 0.2) is 0 Å². The molecule has 0 aliphatic carbocycles. The van der Waals surface area contributed by atoms with Gasteiger partial charge in [-0.1, -0.05) is 253 Å². The van der Waals surface area contributed by atoms with E-state index in [0.717, 1.165) is 11.8 Å². The molecular formula is C47H97N. The minimum absolute atomic E-state index is 0.889. The lowest BCUT2D eigenvalue weighted by atomic mass is 10.0. The van der Waals surface area contributed by atoms with Gasteiger partial charge >= 0.3 is 0 Å². The summed E-state index contributed by atoms with van der Waals surface area (Å²) in [4.78, 5) is 2.87. The molecule has 0 heterocycles. The highest BCUT2D eigenvalue weighted by Crippen LogP contribution is 2.17. The maximum Gasteiger partial charge on any atom is -0.00187 e. The van der Waals surface area contributed by atoms with Crippen LogP contribution in [0.4, 0.5) is 0 Å². The van der Waals surface area contributed by atoms with Crippen LogP contribution < -0.4 is 0 Å². The highest BCUT2D eigenvalue weighted by Gasteiger charge is 2.06. The van der Waals surface area contributed by atoms with E-state index in [9.17, 15) is 0 Å². The van der Waals surface area contributed by atoms with Crippen LogP contribution in [0, 0.1) is 11.8 Å². The quantitative estimate of drug-likeness (QED) is 0.0582. The van der Waals surface area contributed by atoms with Gasteiger partial charge in [-0.3, -0.25) is 0 Å². The molecule has 1 heteroatoms. The maximum absolute atomic E-state index is 2.87. The molecule has 0 saturated heterocycles. The van der Waals surface area contributed by atoms with Crippen LogP contribution in [-0.4, -0.2) is 24.5 Å². The van der Waals surface area contributed by atoms with Crippen molar-refractivity contribution in [2.75, 3.05) is 19.6 Å². The Morgan fingerprint density at radius 2 is 0.438 bits per heavy atom. The summed E-state index contributed by atoms with van der Waals surface area (Å²) in [6.07, 6.45) is 54.2. The topological polar surface area (TPSA) is 3.24 Å². The Labute approximate surface area is 307 Å². The Morgan fingerprint density at radius 1 is 0.250 bits per heavy atom. The molecule has 0 aliphatic rings. The number of hydrogen-bond acceptors (Lipinski definition) is 1. The largest absolute Gasteiger partial charge is 0.303 e. The molecule has 1 nitrogen and oxygen atoms in total. The van der Waals surface area contributed by atoms with Crippen molar-refractivity contribution in [2.24, 2.45) is 11.8 Å². The summed E-state index contributed by atoms with van der Waals surface area (Å²) in [6, 6.07) is 0. The standard InChI is InChI=1S/C47H97N/c1-6-7-8-9-10-11-12-13-18-23-28-33-38-43-48(44-39-34-29-24-19-14-16-21-26-31-36-41-46(2)3)45-40-35-30-25-20-15-17-22-27-32-37-42-47(4)5/h46-47H,6-45H2,1-5H3. The van der Waals surface area contributed by atoms with Crippen LogP contribution in [0.25, 0.3) is 0 Å². The zero-order valence-electron chi connectivity index (χ0n) is 34.9. The number of nitrogens with zero attached hydrogens (tertiary/aromatic N) is 1. The molecule has 0 aromatic carbocycles. The van der Waals surface area contributed by atoms with Crippen molar-refractivity contribution in [2.45, 2.75) is 272 Å². The molecule has 0 saturated carbocycles. The van der Waals surface area contributed by atoms with Crippen molar-refractivity contribution in [3.05, 3.63) is 0 Å². The summed E-state index contributed by atoms with van der Waals surface area (Å²) in [5.74, 6) is 1.78. The van der Waals surface area contributed by atoms with Gasteiger partial charge in [-0.15, -0.1) is 0 Å². The first-order valence-corrected chi connectivity index (χ1v) is 23.3. The van der Waals surface area contributed by atoms with E-state index in [1.165, 1.54) is 257 Å². The van der Waals surface area contributed by atoms with Gasteiger partial charge in [-0.05, 0) is 50.7 Å². The molecule has 0 N–H and O–H groups in total. The fourth-order valence-corrected chi connectivity index (χ4v) is 7.65. The van der Waals surface area contributed by atoms with Gasteiger partial charge in [0.05, 0.1) is 0 Å². The fourth-order valence-electron chi connectivity index (χ4n) is 7.65. The predicted molar refractivity (Wildman–Crippen MR) is 223 cm³/mol. The van der Waals surface area contributed by atoms with E-state index >= 15 is 0 Å². The van der Waals surface area contributed by atoms with E-state index in [0.29, 0.717) is 0 Å². The zero-order valence-corrected chi connectivity index (χ0v) is 34.9. The molecule has 0 aromatic heterocycles. The van der Waals surface area contributed by atoms with E-state index < -0.39 is 0 Å². The Balaban J connectivity index is 3.94. The molecular weight excluding hydrogens is 579 g/mol. The molecule has 0 unspecified atom stereocenters. The van der Waals surface area contributed by atoms with Crippen molar-refractivity contribution in [3.63, 3.8) is 0 Å². The SMILES string of the molecule is CCCCCCCCCCCCCCCN(CCCCCCCCCCCCCC(C)C)CCCCCCCCCCCCCC(C)C. The summed E-state index contributed by atoms with van der Waals surface area (Å²) in [6.45, 7) is 15.9. The van der Waals surface area contributed by atoms with Crippen molar-refractivity contribution in [1.29, 1.82) is 0 Å². The van der Waals surface area contributed by atoms with E-state index in [-0.39, 0.29) is 0 Å². The molecule has 0 bridgehead atoms. The van der Waals surface area contributed by atoms with E-state index in [2.05, 4.69) is 39.5 Å². The summed E-state index contributed by atoms with van der Waals surface area (Å²) in [7, 11) is 0. The first-order chi connectivity index (χ1) is 23.6. The molecule has 0 amide bonds. The van der Waals surface area contributed by atoms with Gasteiger partial charge < -0.3 is 4.90 Å². The molecule has 0 aliphatic heterocycles. The van der Waals surface area contributed by atoms with Crippen LogP contribution in [0.3, 0.4) is 0 Å². The monoisotopic (exact) mass is 676 g/mol. The summed E-state index contributed by atoms with van der Waals surface area (Å²) in [5.41, 5.74) is 0. The highest BCUT2D eigenvalue weighted by atomic mass is 15.1. The first kappa shape index (κ1) is 48.0. The Hall–Kier alpha value is -0.0400. The Bertz CT molecular complexity index is 519. The lowest BCUT2D eigenvalue weighted by Gasteiger charge is -2.22. The minimum Gasteiger partial charge on any atom is -0.303 e. The predicted octanol–water partition coefficient (Wildman–Crippen LogP) is 17.1. The second-order valence-corrected chi connectivity index (χ2v) is 17.2. The number of hydrogen-bond donors (Lipinski definition) is 0. The number of rotatable bonds is 42. The zero-order chi connectivity index (χ0) is 35.0. The van der Waals surface area contributed by atoms with Crippen molar-refractivity contribution in [1.82, 2.24) is 4.90 Å². The van der Waals surface area contributed by atoms with Crippen LogP contribution in [-0.2, 0) is 0 Å². The molecule has 0 fully saturated rings. The maximum atomic E-state index is 2.87. The van der Waals surface area contributed by atoms with Crippen LogP contribution in [0.5, 0.6) is 0 Å². The first-order valence-electron chi connectivity index (χ1n) is 23.3. The summed E-state index contributed by atoms with van der Waals surface area (Å²) >= 11 is 0. The average Bonchev–Trinajstić information content (AvgIpc) is 3.06. The molecule has 48 heavy (non-hydrogen) atoms. The van der Waals surface area contributed by atoms with E-state index in [4.69, 9.17) is 0 Å². The molecule has 0 aromatic rings. The molecule has 0 atom stereocenters. The van der Waals surface area contributed by atoms with Gasteiger partial charge in [-0.2, -0.15) is 0 Å². The molecule has 0 rings (SSSR count). The van der Waals surface area contributed by atoms with Gasteiger partial charge in [0.1, 0.15) is 0 Å². The third kappa shape index (κ3) is 42.1. The van der Waals surface area contributed by atoms with Gasteiger partial charge in [0.25, 0.3) is 0 Å². The van der Waals surface area contributed by atoms with Crippen LogP contribution in [0.2, 0.25) is 0 Å². The van der Waals surface area contributed by atoms with Gasteiger partial charge in [0, 0.05) is 0 Å². The Morgan fingerprint density at radius 3 is 0.646 bits per heavy atom. The van der Waals surface area contributed by atoms with Crippen molar-refractivity contribution >= 4 is 0 Å². The van der Waals surface area contributed by atoms with Crippen LogP contribution in [0.1, 0.15) is 272 Å². The second-order valence-electron chi connectivity index (χ2n) is 17.2. The Kier molecular flexibility index (Phi) is 41.3. The lowest BCUT2D eigenvalue weighted by molar-refractivity contribution is 0.254. The van der Waals surface area contributed by atoms with Crippen LogP contribution in [0.15, 0.2) is 0 Å². The van der Waals surface area contributed by atoms with Crippen molar-refractivity contribution in [3.8, 4) is 0 Å². The van der Waals surface area contributed by atoms with Gasteiger partial charge in [0.2, 0.25) is 0 Å². The van der Waals surface area contributed by atoms with Crippen LogP contribution >= 0.6 is 0 Å². The minimum atomic E-state index is 0.889. The smallest absolute Gasteiger partial charge is 0.00187 e. The lowest BCUT2D eigenvalue weighted by Crippen LogP contribution is -2.27. The third-order valence-electron chi connectivity index (χ3n) is 11.1. The van der Waals surface area contributed by atoms with E-state index in [1.54, 1.807) is 0 Å². The molecule has 290 valence electrons. The highest BCUT2D eigenvalue weighted by molar-refractivity contribution is 4.61. The van der Waals surface area contributed by atoms with E-state index in [1.807, 2.05) is 0 Å². The second kappa shape index (κ2) is 41.4. The molecule has 0 spiro atoms. The van der Waals surface area contributed by atoms with Crippen molar-refractivity contribution < 1.29 is 0 Å². The van der Waals surface area contributed by atoms with Gasteiger partial charge in [-0.25, -0.2) is 0 Å². The summed E-state index contributed by atoms with van der Waals surface area (Å²) < 4.78 is 0. The average molecular weight is 676 g/mol. The molecule has 0 radical (unpaired) electrons. The third-order valence-corrected chi connectivity index (χ3v) is 11.1. The fraction of sp³-hybridized carbons (Fsp3) is 1.00. The normalized spacial score (nSPS) is 12.0. The number of unbranched alkanes of at least 4 members (excludes halogenated alkanes) is 32.